The molecule has 0 saturated heterocycles. The van der Waals surface area contributed by atoms with E-state index in [1.807, 2.05) is 26.1 Å². The number of benzene rings is 3. The number of carbonyl (C=O) groups is 1. The number of halogens is 1. The summed E-state index contributed by atoms with van der Waals surface area (Å²) >= 11 is 0. The predicted octanol–water partition coefficient (Wildman–Crippen LogP) is 5.20. The van der Waals surface area contributed by atoms with Crippen molar-refractivity contribution in [3.8, 4) is 11.5 Å². The average Bonchev–Trinajstić information content (AvgIpc) is 3.34. The Balaban J connectivity index is 0.000000350. The highest BCUT2D eigenvalue weighted by Gasteiger charge is 2.30. The van der Waals surface area contributed by atoms with Gasteiger partial charge in [-0.2, -0.15) is 0 Å². The zero-order chi connectivity index (χ0) is 28.6. The van der Waals surface area contributed by atoms with E-state index in [9.17, 15) is 14.3 Å². The number of carbonyl (C=O) groups excluding carboxylic acids is 1. The van der Waals surface area contributed by atoms with Crippen molar-refractivity contribution in [2.45, 2.75) is 39.7 Å². The van der Waals surface area contributed by atoms with Gasteiger partial charge in [-0.3, -0.25) is 4.79 Å². The van der Waals surface area contributed by atoms with Gasteiger partial charge in [-0.15, -0.1) is 0 Å². The third kappa shape index (κ3) is 7.21. The smallest absolute Gasteiger partial charge is 0.210 e. The second-order valence-electron chi connectivity index (χ2n) is 10.7. The number of aromatic hydroxyl groups is 1. The Morgan fingerprint density at radius 3 is 2.65 bits per heavy atom. The molecule has 0 saturated carbocycles. The minimum Gasteiger partial charge on any atom is -0.504 e. The molecule has 5 rings (SSSR count). The molecule has 2 heterocycles. The van der Waals surface area contributed by atoms with Crippen LogP contribution in [0.4, 0.5) is 4.39 Å². The lowest BCUT2D eigenvalue weighted by Gasteiger charge is -2.36. The van der Waals surface area contributed by atoms with Gasteiger partial charge in [0.2, 0.25) is 6.41 Å². The molecule has 0 spiro atoms. The standard InChI is InChI=1S/C26H26FNO3.C7H14N2/c1-17-6-7-22(18(2)12-17)26-23-15-25(24(30)14-20(23)8-10-28(26)16-29)31-11-9-19-4-3-5-21(27)13-19;1-6-3-7(5-8-2)9-4-6/h3-7,12-16,26,30H,8-11H2,1-2H3;3,6,8-9H,4-5H2,1-2H3. The number of aryl methyl sites for hydroxylation is 2. The zero-order valence-electron chi connectivity index (χ0n) is 23.8. The molecule has 212 valence electrons. The van der Waals surface area contributed by atoms with Crippen LogP contribution >= 0.6 is 0 Å². The fourth-order valence-electron chi connectivity index (χ4n) is 5.40. The first-order chi connectivity index (χ1) is 19.3. The maximum absolute atomic E-state index is 13.4. The summed E-state index contributed by atoms with van der Waals surface area (Å²) in [5.74, 6) is 0.891. The van der Waals surface area contributed by atoms with Crippen molar-refractivity contribution < 1.29 is 19.0 Å². The number of hydrogen-bond donors (Lipinski definition) is 3. The Labute approximate surface area is 236 Å². The number of hydrogen-bond acceptors (Lipinski definition) is 5. The van der Waals surface area contributed by atoms with Crippen LogP contribution < -0.4 is 15.4 Å². The van der Waals surface area contributed by atoms with Crippen LogP contribution in [0.15, 0.2) is 66.4 Å². The second-order valence-corrected chi connectivity index (χ2v) is 10.7. The third-order valence-corrected chi connectivity index (χ3v) is 7.38. The lowest BCUT2D eigenvalue weighted by atomic mass is 9.86. The van der Waals surface area contributed by atoms with Gasteiger partial charge in [-0.1, -0.05) is 48.9 Å². The van der Waals surface area contributed by atoms with E-state index in [-0.39, 0.29) is 17.6 Å². The maximum Gasteiger partial charge on any atom is 0.210 e. The van der Waals surface area contributed by atoms with Crippen molar-refractivity contribution in [2.24, 2.45) is 5.92 Å². The number of amides is 1. The van der Waals surface area contributed by atoms with Gasteiger partial charge in [0.05, 0.1) is 12.6 Å². The molecule has 2 unspecified atom stereocenters. The van der Waals surface area contributed by atoms with Crippen molar-refractivity contribution >= 4 is 6.41 Å². The van der Waals surface area contributed by atoms with Crippen LogP contribution in [-0.2, 0) is 17.6 Å². The Morgan fingerprint density at radius 2 is 1.98 bits per heavy atom. The molecule has 1 amide bonds. The molecule has 0 fully saturated rings. The first-order valence-electron chi connectivity index (χ1n) is 13.9. The van der Waals surface area contributed by atoms with E-state index in [2.05, 4.69) is 48.8 Å². The molecule has 0 radical (unpaired) electrons. The topological polar surface area (TPSA) is 73.8 Å². The Bertz CT molecular complexity index is 1360. The van der Waals surface area contributed by atoms with E-state index in [4.69, 9.17) is 4.74 Å². The maximum atomic E-state index is 13.4. The second kappa shape index (κ2) is 13.5. The SMILES string of the molecule is CNCC1=CC(C)CN1.Cc1ccc(C2c3cc(OCCc4cccc(F)c4)c(O)cc3CCN2C=O)c(C)c1. The van der Waals surface area contributed by atoms with E-state index >= 15 is 0 Å². The minimum absolute atomic E-state index is 0.0805. The summed E-state index contributed by atoms with van der Waals surface area (Å²) in [5, 5.41) is 16.9. The summed E-state index contributed by atoms with van der Waals surface area (Å²) in [6.07, 6.45) is 4.36. The first kappa shape index (κ1) is 29.2. The van der Waals surface area contributed by atoms with Gasteiger partial charge in [0, 0.05) is 31.8 Å². The van der Waals surface area contributed by atoms with E-state index in [0.717, 1.165) is 47.3 Å². The lowest BCUT2D eigenvalue weighted by molar-refractivity contribution is -0.119. The zero-order valence-corrected chi connectivity index (χ0v) is 23.8. The van der Waals surface area contributed by atoms with E-state index < -0.39 is 0 Å². The third-order valence-electron chi connectivity index (χ3n) is 7.38. The molecule has 0 bridgehead atoms. The number of fused-ring (bicyclic) bond motifs is 1. The van der Waals surface area contributed by atoms with E-state index in [1.165, 1.54) is 23.4 Å². The van der Waals surface area contributed by atoms with Gasteiger partial charge >= 0.3 is 0 Å². The highest BCUT2D eigenvalue weighted by molar-refractivity contribution is 5.58. The first-order valence-corrected chi connectivity index (χ1v) is 13.9. The number of rotatable bonds is 8. The molecule has 3 N–H and O–H groups in total. The summed E-state index contributed by atoms with van der Waals surface area (Å²) in [4.78, 5) is 13.7. The number of phenolic OH excluding ortho intramolecular Hbond substituents is 1. The fraction of sp³-hybridized carbons (Fsp3) is 0.364. The Morgan fingerprint density at radius 1 is 1.15 bits per heavy atom. The summed E-state index contributed by atoms with van der Waals surface area (Å²) < 4.78 is 19.3. The van der Waals surface area contributed by atoms with Crippen molar-refractivity contribution in [3.05, 3.63) is 106 Å². The number of nitrogens with zero attached hydrogens (tertiary/aromatic N) is 1. The van der Waals surface area contributed by atoms with Crippen molar-refractivity contribution in [3.63, 3.8) is 0 Å². The average molecular weight is 546 g/mol. The van der Waals surface area contributed by atoms with Crippen LogP contribution in [-0.4, -0.2) is 49.7 Å². The number of ether oxygens (including phenoxy) is 1. The fourth-order valence-corrected chi connectivity index (χ4v) is 5.40. The largest absolute Gasteiger partial charge is 0.504 e. The molecule has 40 heavy (non-hydrogen) atoms. The quantitative estimate of drug-likeness (QED) is 0.339. The summed E-state index contributed by atoms with van der Waals surface area (Å²) in [6.45, 7) is 9.30. The van der Waals surface area contributed by atoms with Crippen molar-refractivity contribution in [1.29, 1.82) is 0 Å². The molecule has 3 aromatic carbocycles. The lowest BCUT2D eigenvalue weighted by Crippen LogP contribution is -2.35. The minimum atomic E-state index is -0.278. The van der Waals surface area contributed by atoms with Gasteiger partial charge in [-0.25, -0.2) is 4.39 Å². The Hall–Kier alpha value is -3.84. The molecular weight excluding hydrogens is 505 g/mol. The molecule has 7 heteroatoms. The van der Waals surface area contributed by atoms with Crippen LogP contribution in [0.1, 0.15) is 46.3 Å². The van der Waals surface area contributed by atoms with E-state index in [1.54, 1.807) is 17.0 Å². The van der Waals surface area contributed by atoms with Gasteiger partial charge in [0.15, 0.2) is 11.5 Å². The molecule has 6 nitrogen and oxygen atoms in total. The van der Waals surface area contributed by atoms with Crippen LogP contribution in [0.25, 0.3) is 0 Å². The van der Waals surface area contributed by atoms with Crippen LogP contribution in [0.3, 0.4) is 0 Å². The number of nitrogens with one attached hydrogen (secondary N) is 2. The van der Waals surface area contributed by atoms with Gasteiger partial charge < -0.3 is 25.4 Å². The van der Waals surface area contributed by atoms with Gasteiger partial charge in [0.1, 0.15) is 5.82 Å². The number of likely N-dealkylation sites (N-methyl/N-ethyl adjacent to an activating group) is 1. The summed E-state index contributed by atoms with van der Waals surface area (Å²) in [6, 6.07) is 16.0. The molecule has 2 atom stereocenters. The normalized spacial score (nSPS) is 17.7. The van der Waals surface area contributed by atoms with Gasteiger partial charge in [-0.05, 0) is 85.3 Å². The highest BCUT2D eigenvalue weighted by Crippen LogP contribution is 2.41. The molecule has 3 aromatic rings. The van der Waals surface area contributed by atoms with Gasteiger partial charge in [0.25, 0.3) is 0 Å². The Kier molecular flexibility index (Phi) is 9.83. The predicted molar refractivity (Wildman–Crippen MR) is 157 cm³/mol. The monoisotopic (exact) mass is 545 g/mol. The van der Waals surface area contributed by atoms with Crippen LogP contribution in [0.5, 0.6) is 11.5 Å². The highest BCUT2D eigenvalue weighted by atomic mass is 19.1. The molecule has 2 aliphatic heterocycles. The molecule has 0 aliphatic carbocycles. The van der Waals surface area contributed by atoms with Crippen molar-refractivity contribution in [1.82, 2.24) is 15.5 Å². The molecule has 0 aromatic heterocycles. The van der Waals surface area contributed by atoms with Crippen LogP contribution in [0, 0.1) is 25.6 Å². The van der Waals surface area contributed by atoms with Crippen LogP contribution in [0.2, 0.25) is 0 Å². The van der Waals surface area contributed by atoms with Crippen molar-refractivity contribution in [2.75, 3.05) is 33.3 Å². The van der Waals surface area contributed by atoms with E-state index in [0.29, 0.717) is 37.7 Å². The summed E-state index contributed by atoms with van der Waals surface area (Å²) in [7, 11) is 1.96. The summed E-state index contributed by atoms with van der Waals surface area (Å²) in [5.41, 5.74) is 7.49. The molecular formula is C33H40FN3O3. The molecule has 2 aliphatic rings. The number of phenols is 1.